The van der Waals surface area contributed by atoms with Crippen molar-refractivity contribution in [2.75, 3.05) is 46.0 Å². The minimum Gasteiger partial charge on any atom is -0.484 e. The first-order valence-corrected chi connectivity index (χ1v) is 8.75. The molecule has 2 heterocycles. The van der Waals surface area contributed by atoms with E-state index >= 15 is 0 Å². The smallest absolute Gasteiger partial charge is 0.257 e. The first kappa shape index (κ1) is 18.3. The molecule has 1 aromatic carbocycles. The molecule has 0 aliphatic carbocycles. The van der Waals surface area contributed by atoms with Gasteiger partial charge in [-0.1, -0.05) is 0 Å². The SMILES string of the molecule is Cn1nnc(-c2ccc(OCC(=O)NCCCN3CCOCC3)cc2)n1. The quantitative estimate of drug-likeness (QED) is 0.667. The Morgan fingerprint density at radius 1 is 1.27 bits per heavy atom. The van der Waals surface area contributed by atoms with Crippen molar-refractivity contribution >= 4 is 5.91 Å². The number of aryl methyl sites for hydroxylation is 1. The highest BCUT2D eigenvalue weighted by Gasteiger charge is 2.10. The third-order valence-electron chi connectivity index (χ3n) is 4.07. The van der Waals surface area contributed by atoms with E-state index in [0.717, 1.165) is 44.8 Å². The average Bonchev–Trinajstić information content (AvgIpc) is 3.11. The van der Waals surface area contributed by atoms with Crippen LogP contribution in [0.15, 0.2) is 24.3 Å². The van der Waals surface area contributed by atoms with Crippen LogP contribution in [-0.4, -0.2) is 77.0 Å². The number of amides is 1. The summed E-state index contributed by atoms with van der Waals surface area (Å²) < 4.78 is 10.8. The van der Waals surface area contributed by atoms with Gasteiger partial charge in [-0.3, -0.25) is 9.69 Å². The minimum atomic E-state index is -0.119. The summed E-state index contributed by atoms with van der Waals surface area (Å²) in [7, 11) is 1.72. The number of hydrogen-bond acceptors (Lipinski definition) is 7. The molecule has 9 heteroatoms. The van der Waals surface area contributed by atoms with Gasteiger partial charge >= 0.3 is 0 Å². The molecule has 0 atom stereocenters. The molecule has 1 amide bonds. The highest BCUT2D eigenvalue weighted by atomic mass is 16.5. The van der Waals surface area contributed by atoms with E-state index in [0.29, 0.717) is 18.1 Å². The van der Waals surface area contributed by atoms with Crippen molar-refractivity contribution in [1.82, 2.24) is 30.4 Å². The molecule has 1 aromatic heterocycles. The van der Waals surface area contributed by atoms with E-state index in [9.17, 15) is 4.79 Å². The zero-order valence-electron chi connectivity index (χ0n) is 14.9. The molecular formula is C17H24N6O3. The van der Waals surface area contributed by atoms with E-state index in [1.165, 1.54) is 4.80 Å². The van der Waals surface area contributed by atoms with Crippen molar-refractivity contribution in [3.05, 3.63) is 24.3 Å². The highest BCUT2D eigenvalue weighted by molar-refractivity contribution is 5.77. The van der Waals surface area contributed by atoms with Crippen LogP contribution in [0.5, 0.6) is 5.75 Å². The second-order valence-electron chi connectivity index (χ2n) is 6.07. The molecule has 2 aromatic rings. The number of hydrogen-bond donors (Lipinski definition) is 1. The summed E-state index contributed by atoms with van der Waals surface area (Å²) in [5.74, 6) is 1.06. The second-order valence-corrected chi connectivity index (χ2v) is 6.07. The van der Waals surface area contributed by atoms with Gasteiger partial charge in [0.05, 0.1) is 20.3 Å². The molecule has 0 unspecified atom stereocenters. The Morgan fingerprint density at radius 3 is 2.73 bits per heavy atom. The van der Waals surface area contributed by atoms with Crippen LogP contribution in [0.2, 0.25) is 0 Å². The lowest BCUT2D eigenvalue weighted by Gasteiger charge is -2.26. The van der Waals surface area contributed by atoms with Gasteiger partial charge in [-0.25, -0.2) is 0 Å². The van der Waals surface area contributed by atoms with Gasteiger partial charge in [-0.15, -0.1) is 10.2 Å². The molecule has 9 nitrogen and oxygen atoms in total. The second kappa shape index (κ2) is 9.25. The minimum absolute atomic E-state index is 0.000291. The van der Waals surface area contributed by atoms with E-state index in [2.05, 4.69) is 25.6 Å². The number of morpholine rings is 1. The molecule has 1 aliphatic rings. The fourth-order valence-electron chi connectivity index (χ4n) is 2.66. The van der Waals surface area contributed by atoms with Gasteiger partial charge in [0.25, 0.3) is 5.91 Å². The molecule has 0 radical (unpaired) electrons. The molecule has 140 valence electrons. The van der Waals surface area contributed by atoms with Gasteiger partial charge in [0.2, 0.25) is 5.82 Å². The predicted molar refractivity (Wildman–Crippen MR) is 94.6 cm³/mol. The van der Waals surface area contributed by atoms with Crippen LogP contribution >= 0.6 is 0 Å². The Kier molecular flexibility index (Phi) is 6.50. The van der Waals surface area contributed by atoms with Crippen LogP contribution in [0, 0.1) is 0 Å². The molecule has 3 rings (SSSR count). The fourth-order valence-corrected chi connectivity index (χ4v) is 2.66. The Bertz CT molecular complexity index is 697. The molecule has 26 heavy (non-hydrogen) atoms. The first-order valence-electron chi connectivity index (χ1n) is 8.75. The maximum atomic E-state index is 11.9. The summed E-state index contributed by atoms with van der Waals surface area (Å²) in [4.78, 5) is 15.6. The van der Waals surface area contributed by atoms with Crippen LogP contribution in [-0.2, 0) is 16.6 Å². The van der Waals surface area contributed by atoms with E-state index < -0.39 is 0 Å². The number of benzene rings is 1. The van der Waals surface area contributed by atoms with Crippen LogP contribution < -0.4 is 10.1 Å². The van der Waals surface area contributed by atoms with Crippen molar-refractivity contribution in [3.63, 3.8) is 0 Å². The van der Waals surface area contributed by atoms with Crippen molar-refractivity contribution in [1.29, 1.82) is 0 Å². The third kappa shape index (κ3) is 5.50. The number of rotatable bonds is 8. The molecular weight excluding hydrogens is 336 g/mol. The lowest BCUT2D eigenvalue weighted by Crippen LogP contribution is -2.38. The van der Waals surface area contributed by atoms with E-state index in [1.807, 2.05) is 12.1 Å². The van der Waals surface area contributed by atoms with E-state index in [1.54, 1.807) is 19.2 Å². The summed E-state index contributed by atoms with van der Waals surface area (Å²) in [6.07, 6.45) is 0.922. The average molecular weight is 360 g/mol. The van der Waals surface area contributed by atoms with Crippen LogP contribution in [0.25, 0.3) is 11.4 Å². The third-order valence-corrected chi connectivity index (χ3v) is 4.07. The van der Waals surface area contributed by atoms with Gasteiger partial charge < -0.3 is 14.8 Å². The zero-order valence-corrected chi connectivity index (χ0v) is 14.9. The van der Waals surface area contributed by atoms with Crippen LogP contribution in [0.4, 0.5) is 0 Å². The monoisotopic (exact) mass is 360 g/mol. The topological polar surface area (TPSA) is 94.4 Å². The largest absolute Gasteiger partial charge is 0.484 e. The summed E-state index contributed by atoms with van der Waals surface area (Å²) >= 11 is 0. The van der Waals surface area contributed by atoms with E-state index in [-0.39, 0.29) is 12.5 Å². The highest BCUT2D eigenvalue weighted by Crippen LogP contribution is 2.18. The number of ether oxygens (including phenoxy) is 2. The van der Waals surface area contributed by atoms with Crippen molar-refractivity contribution < 1.29 is 14.3 Å². The summed E-state index contributed by atoms with van der Waals surface area (Å²) in [6.45, 7) is 5.16. The Morgan fingerprint density at radius 2 is 2.04 bits per heavy atom. The van der Waals surface area contributed by atoms with Gasteiger partial charge in [-0.05, 0) is 42.4 Å². The number of carbonyl (C=O) groups is 1. The van der Waals surface area contributed by atoms with Crippen LogP contribution in [0.1, 0.15) is 6.42 Å². The Labute approximate surface area is 152 Å². The fraction of sp³-hybridized carbons (Fsp3) is 0.529. The van der Waals surface area contributed by atoms with E-state index in [4.69, 9.17) is 9.47 Å². The van der Waals surface area contributed by atoms with Crippen molar-refractivity contribution in [2.24, 2.45) is 7.05 Å². The molecule has 0 spiro atoms. The molecule has 1 saturated heterocycles. The van der Waals surface area contributed by atoms with Crippen LogP contribution in [0.3, 0.4) is 0 Å². The summed E-state index contributed by atoms with van der Waals surface area (Å²) in [5, 5.41) is 14.8. The van der Waals surface area contributed by atoms with Gasteiger partial charge in [-0.2, -0.15) is 4.80 Å². The lowest BCUT2D eigenvalue weighted by atomic mass is 10.2. The number of carbonyl (C=O) groups excluding carboxylic acids is 1. The van der Waals surface area contributed by atoms with Gasteiger partial charge in [0.15, 0.2) is 6.61 Å². The maximum absolute atomic E-state index is 11.9. The summed E-state index contributed by atoms with van der Waals surface area (Å²) in [6, 6.07) is 7.26. The normalized spacial score (nSPS) is 15.0. The summed E-state index contributed by atoms with van der Waals surface area (Å²) in [5.41, 5.74) is 0.845. The maximum Gasteiger partial charge on any atom is 0.257 e. The van der Waals surface area contributed by atoms with Gasteiger partial charge in [0.1, 0.15) is 5.75 Å². The first-order chi connectivity index (χ1) is 12.7. The number of nitrogens with zero attached hydrogens (tertiary/aromatic N) is 5. The van der Waals surface area contributed by atoms with Crippen molar-refractivity contribution in [3.8, 4) is 17.1 Å². The number of aromatic nitrogens is 4. The lowest BCUT2D eigenvalue weighted by molar-refractivity contribution is -0.123. The molecule has 1 fully saturated rings. The molecule has 1 N–H and O–H groups in total. The Hall–Kier alpha value is -2.52. The Balaban J connectivity index is 1.33. The molecule has 1 aliphatic heterocycles. The molecule has 0 saturated carbocycles. The predicted octanol–water partition coefficient (Wildman–Crippen LogP) is 0.0944. The standard InChI is InChI=1S/C17H24N6O3/c1-22-20-17(19-21-22)14-3-5-15(6-4-14)26-13-16(24)18-7-2-8-23-9-11-25-12-10-23/h3-6H,2,7-13H2,1H3,(H,18,24). The number of tetrazole rings is 1. The van der Waals surface area contributed by atoms with Gasteiger partial charge in [0, 0.05) is 25.2 Å². The zero-order chi connectivity index (χ0) is 18.2. The van der Waals surface area contributed by atoms with Crippen molar-refractivity contribution in [2.45, 2.75) is 6.42 Å². The molecule has 0 bridgehead atoms. The number of nitrogens with one attached hydrogen (secondary N) is 1.